The lowest BCUT2D eigenvalue weighted by Gasteiger charge is -2.16. The Balaban J connectivity index is 1.71. The normalized spacial score (nSPS) is 11.6. The maximum atomic E-state index is 12.3. The third kappa shape index (κ3) is 4.55. The molecule has 2 aromatic carbocycles. The molecule has 6 heteroatoms. The highest BCUT2D eigenvalue weighted by molar-refractivity contribution is 6.29. The first-order chi connectivity index (χ1) is 12.1. The van der Waals surface area contributed by atoms with Gasteiger partial charge in [0.1, 0.15) is 11.0 Å². The summed E-state index contributed by atoms with van der Waals surface area (Å²) < 4.78 is 0. The number of anilines is 2. The van der Waals surface area contributed by atoms with Gasteiger partial charge in [0.25, 0.3) is 5.91 Å². The van der Waals surface area contributed by atoms with Crippen molar-refractivity contribution in [2.24, 2.45) is 0 Å². The highest BCUT2D eigenvalue weighted by atomic mass is 35.5. The van der Waals surface area contributed by atoms with Crippen molar-refractivity contribution in [3.05, 3.63) is 83.3 Å². The zero-order valence-corrected chi connectivity index (χ0v) is 14.4. The van der Waals surface area contributed by atoms with E-state index in [-0.39, 0.29) is 11.9 Å². The summed E-state index contributed by atoms with van der Waals surface area (Å²) in [5, 5.41) is 6.49. The number of carbonyl (C=O) groups excluding carboxylic acids is 1. The van der Waals surface area contributed by atoms with E-state index in [1.54, 1.807) is 18.3 Å². The lowest BCUT2D eigenvalue weighted by Crippen LogP contribution is -2.13. The fourth-order valence-electron chi connectivity index (χ4n) is 2.40. The van der Waals surface area contributed by atoms with E-state index in [9.17, 15) is 4.79 Å². The van der Waals surface area contributed by atoms with Crippen LogP contribution < -0.4 is 10.6 Å². The van der Waals surface area contributed by atoms with Crippen LogP contribution in [0.4, 0.5) is 11.5 Å². The number of benzene rings is 2. The first kappa shape index (κ1) is 16.9. The first-order valence-corrected chi connectivity index (χ1v) is 8.20. The van der Waals surface area contributed by atoms with Crippen LogP contribution in [-0.2, 0) is 0 Å². The molecule has 1 atom stereocenters. The molecule has 2 N–H and O–H groups in total. The number of carbonyl (C=O) groups is 1. The number of rotatable bonds is 5. The van der Waals surface area contributed by atoms with Crippen molar-refractivity contribution >= 4 is 29.0 Å². The molecule has 0 saturated heterocycles. The van der Waals surface area contributed by atoms with Gasteiger partial charge in [0.2, 0.25) is 0 Å². The van der Waals surface area contributed by atoms with Gasteiger partial charge in [-0.05, 0) is 36.8 Å². The van der Waals surface area contributed by atoms with Gasteiger partial charge in [0, 0.05) is 11.3 Å². The van der Waals surface area contributed by atoms with E-state index >= 15 is 0 Å². The Morgan fingerprint density at radius 3 is 2.64 bits per heavy atom. The van der Waals surface area contributed by atoms with E-state index in [0.29, 0.717) is 16.5 Å². The molecule has 1 amide bonds. The van der Waals surface area contributed by atoms with Crippen LogP contribution in [-0.4, -0.2) is 15.9 Å². The van der Waals surface area contributed by atoms with Crippen LogP contribution in [0.2, 0.25) is 5.15 Å². The molecular formula is C19H17ClN4O. The van der Waals surface area contributed by atoms with Crippen molar-refractivity contribution < 1.29 is 4.79 Å². The molecule has 1 aromatic heterocycles. The van der Waals surface area contributed by atoms with Crippen molar-refractivity contribution in [2.75, 3.05) is 10.6 Å². The second-order valence-electron chi connectivity index (χ2n) is 5.54. The second-order valence-corrected chi connectivity index (χ2v) is 5.93. The van der Waals surface area contributed by atoms with Gasteiger partial charge in [0.15, 0.2) is 0 Å². The lowest BCUT2D eigenvalue weighted by molar-refractivity contribution is 0.102. The first-order valence-electron chi connectivity index (χ1n) is 7.82. The van der Waals surface area contributed by atoms with Crippen LogP contribution >= 0.6 is 11.6 Å². The van der Waals surface area contributed by atoms with Gasteiger partial charge < -0.3 is 10.6 Å². The third-order valence-electron chi connectivity index (χ3n) is 3.65. The molecule has 5 nitrogen and oxygen atoms in total. The van der Waals surface area contributed by atoms with Crippen molar-refractivity contribution in [3.63, 3.8) is 0 Å². The number of halogens is 1. The molecule has 0 aliphatic heterocycles. The largest absolute Gasteiger partial charge is 0.362 e. The van der Waals surface area contributed by atoms with Crippen molar-refractivity contribution in [3.8, 4) is 0 Å². The van der Waals surface area contributed by atoms with Gasteiger partial charge in [-0.1, -0.05) is 41.9 Å². The summed E-state index contributed by atoms with van der Waals surface area (Å²) in [5.41, 5.74) is 2.36. The molecule has 0 saturated carbocycles. The predicted octanol–water partition coefficient (Wildman–Crippen LogP) is 4.56. The van der Waals surface area contributed by atoms with Crippen LogP contribution in [0.3, 0.4) is 0 Å². The molecule has 126 valence electrons. The van der Waals surface area contributed by atoms with Crippen LogP contribution in [0.25, 0.3) is 0 Å². The molecule has 3 aromatic rings. The Kier molecular flexibility index (Phi) is 5.26. The minimum absolute atomic E-state index is 0.0265. The van der Waals surface area contributed by atoms with Crippen molar-refractivity contribution in [1.29, 1.82) is 0 Å². The van der Waals surface area contributed by atoms with E-state index < -0.39 is 0 Å². The van der Waals surface area contributed by atoms with Crippen LogP contribution in [0.1, 0.15) is 28.9 Å². The van der Waals surface area contributed by atoms with Gasteiger partial charge in [-0.2, -0.15) is 0 Å². The van der Waals surface area contributed by atoms with Gasteiger partial charge in [0.05, 0.1) is 18.4 Å². The Bertz CT molecular complexity index is 870. The fraction of sp³-hybridized carbons (Fsp3) is 0.105. The SMILES string of the molecule is CC(Nc1cncc(Cl)n1)c1cccc(NC(=O)c2ccccc2)c1. The minimum atomic E-state index is -0.140. The van der Waals surface area contributed by atoms with Crippen LogP contribution in [0.15, 0.2) is 67.0 Å². The standard InChI is InChI=1S/C19H17ClN4O/c1-13(22-18-12-21-11-17(20)24-18)15-8-5-9-16(10-15)23-19(25)14-6-3-2-4-7-14/h2-13H,1H3,(H,22,24)(H,23,25). The van der Waals surface area contributed by atoms with E-state index in [1.807, 2.05) is 49.4 Å². The molecule has 0 bridgehead atoms. The molecule has 0 spiro atoms. The minimum Gasteiger partial charge on any atom is -0.362 e. The molecular weight excluding hydrogens is 336 g/mol. The maximum Gasteiger partial charge on any atom is 0.255 e. The summed E-state index contributed by atoms with van der Waals surface area (Å²) >= 11 is 5.85. The summed E-state index contributed by atoms with van der Waals surface area (Å²) in [6.45, 7) is 2.00. The van der Waals surface area contributed by atoms with E-state index in [0.717, 1.165) is 11.3 Å². The van der Waals surface area contributed by atoms with Crippen molar-refractivity contribution in [1.82, 2.24) is 9.97 Å². The summed E-state index contributed by atoms with van der Waals surface area (Å²) in [7, 11) is 0. The zero-order chi connectivity index (χ0) is 17.6. The van der Waals surface area contributed by atoms with Gasteiger partial charge >= 0.3 is 0 Å². The maximum absolute atomic E-state index is 12.3. The van der Waals surface area contributed by atoms with E-state index in [4.69, 9.17) is 11.6 Å². The third-order valence-corrected chi connectivity index (χ3v) is 3.83. The van der Waals surface area contributed by atoms with Crippen molar-refractivity contribution in [2.45, 2.75) is 13.0 Å². The second kappa shape index (κ2) is 7.77. The number of hydrogen-bond acceptors (Lipinski definition) is 4. The molecule has 0 radical (unpaired) electrons. The number of nitrogens with one attached hydrogen (secondary N) is 2. The molecule has 1 unspecified atom stereocenters. The topological polar surface area (TPSA) is 66.9 Å². The Hall–Kier alpha value is -2.92. The highest BCUT2D eigenvalue weighted by Gasteiger charge is 2.10. The summed E-state index contributed by atoms with van der Waals surface area (Å²) in [5.74, 6) is 0.456. The monoisotopic (exact) mass is 352 g/mol. The van der Waals surface area contributed by atoms with Crippen LogP contribution in [0.5, 0.6) is 0 Å². The number of hydrogen-bond donors (Lipinski definition) is 2. The molecule has 0 fully saturated rings. The fourth-order valence-corrected chi connectivity index (χ4v) is 2.54. The van der Waals surface area contributed by atoms with Gasteiger partial charge in [-0.3, -0.25) is 9.78 Å². The molecule has 0 aliphatic rings. The smallest absolute Gasteiger partial charge is 0.255 e. The Morgan fingerprint density at radius 2 is 1.88 bits per heavy atom. The summed E-state index contributed by atoms with van der Waals surface area (Å²) in [6.07, 6.45) is 3.10. The summed E-state index contributed by atoms with van der Waals surface area (Å²) in [6, 6.07) is 16.7. The molecule has 25 heavy (non-hydrogen) atoms. The number of amides is 1. The molecule has 1 heterocycles. The van der Waals surface area contributed by atoms with Gasteiger partial charge in [-0.15, -0.1) is 0 Å². The number of aromatic nitrogens is 2. The summed E-state index contributed by atoms with van der Waals surface area (Å²) in [4.78, 5) is 20.4. The van der Waals surface area contributed by atoms with E-state index in [1.165, 1.54) is 6.20 Å². The molecule has 0 aliphatic carbocycles. The van der Waals surface area contributed by atoms with Crippen LogP contribution in [0, 0.1) is 0 Å². The Labute approximate surface area is 151 Å². The predicted molar refractivity (Wildman–Crippen MR) is 99.9 cm³/mol. The quantitative estimate of drug-likeness (QED) is 0.706. The lowest BCUT2D eigenvalue weighted by atomic mass is 10.1. The highest BCUT2D eigenvalue weighted by Crippen LogP contribution is 2.21. The molecule has 3 rings (SSSR count). The average molecular weight is 353 g/mol. The van der Waals surface area contributed by atoms with Gasteiger partial charge in [-0.25, -0.2) is 4.98 Å². The number of nitrogens with zero attached hydrogens (tertiary/aromatic N) is 2. The Morgan fingerprint density at radius 1 is 1.08 bits per heavy atom. The zero-order valence-electron chi connectivity index (χ0n) is 13.6. The van der Waals surface area contributed by atoms with E-state index in [2.05, 4.69) is 20.6 Å². The average Bonchev–Trinajstić information content (AvgIpc) is 2.62.